The summed E-state index contributed by atoms with van der Waals surface area (Å²) in [4.78, 5) is 30.9. The molecule has 2 heterocycles. The van der Waals surface area contributed by atoms with Crippen LogP contribution in [0.2, 0.25) is 5.02 Å². The average molecular weight is 617 g/mol. The first-order valence-electron chi connectivity index (χ1n) is 13.3. The molecule has 0 spiro atoms. The van der Waals surface area contributed by atoms with E-state index in [4.69, 9.17) is 11.6 Å². The summed E-state index contributed by atoms with van der Waals surface area (Å²) >= 11 is 8.58. The van der Waals surface area contributed by atoms with Gasteiger partial charge in [-0.15, -0.1) is 0 Å². The van der Waals surface area contributed by atoms with Crippen molar-refractivity contribution < 1.29 is 9.59 Å². The van der Waals surface area contributed by atoms with Crippen LogP contribution in [0.5, 0.6) is 0 Å². The van der Waals surface area contributed by atoms with E-state index in [1.807, 2.05) is 12.1 Å². The monoisotopic (exact) mass is 616 g/mol. The van der Waals surface area contributed by atoms with E-state index in [0.717, 1.165) is 68.4 Å². The molecule has 3 rings (SSSR count). The van der Waals surface area contributed by atoms with Gasteiger partial charge >= 0.3 is 0 Å². The van der Waals surface area contributed by atoms with Gasteiger partial charge < -0.3 is 20.4 Å². The smallest absolute Gasteiger partial charge is 0.251 e. The maximum Gasteiger partial charge on any atom is 0.251 e. The van der Waals surface area contributed by atoms with Gasteiger partial charge in [-0.2, -0.15) is 0 Å². The predicted molar refractivity (Wildman–Crippen MR) is 152 cm³/mol. The number of halogens is 2. The molecule has 0 unspecified atom stereocenters. The fourth-order valence-corrected chi connectivity index (χ4v) is 6.24. The quantitative estimate of drug-likeness (QED) is 0.275. The molecule has 1 aromatic rings. The molecule has 1 aromatic carbocycles. The molecule has 196 valence electrons. The number of hydrogen-bond acceptors (Lipinski definition) is 4. The van der Waals surface area contributed by atoms with Crippen LogP contribution in [0.25, 0.3) is 0 Å². The summed E-state index contributed by atoms with van der Waals surface area (Å²) in [5.41, 5.74) is 1.60. The summed E-state index contributed by atoms with van der Waals surface area (Å²) in [6, 6.07) is 5.35. The van der Waals surface area contributed by atoms with Gasteiger partial charge in [-0.1, -0.05) is 73.4 Å². The fourth-order valence-electron chi connectivity index (χ4n) is 5.10. The lowest BCUT2D eigenvalue weighted by Crippen LogP contribution is -2.50. The number of nitrogens with one attached hydrogen (secondary N) is 2. The van der Waals surface area contributed by atoms with E-state index in [1.54, 1.807) is 6.07 Å². The van der Waals surface area contributed by atoms with Crippen molar-refractivity contribution in [1.82, 2.24) is 20.4 Å². The van der Waals surface area contributed by atoms with Crippen LogP contribution in [0.1, 0.15) is 74.7 Å². The number of amides is 2. The van der Waals surface area contributed by atoms with Gasteiger partial charge in [-0.25, -0.2) is 0 Å². The molecule has 0 aromatic heterocycles. The molecule has 2 aliphatic rings. The summed E-state index contributed by atoms with van der Waals surface area (Å²) in [7, 11) is 0. The summed E-state index contributed by atoms with van der Waals surface area (Å²) in [5.74, 6) is 0.639. The third kappa shape index (κ3) is 8.58. The molecule has 6 nitrogen and oxygen atoms in total. The second kappa shape index (κ2) is 14.7. The number of carbonyl (C=O) groups is 2. The number of piperidine rings is 1. The molecule has 0 saturated carbocycles. The van der Waals surface area contributed by atoms with Gasteiger partial charge in [0.25, 0.3) is 5.91 Å². The molecular weight excluding hydrogens is 575 g/mol. The van der Waals surface area contributed by atoms with Crippen molar-refractivity contribution >= 4 is 46.0 Å². The molecule has 2 fully saturated rings. The van der Waals surface area contributed by atoms with Gasteiger partial charge in [0.1, 0.15) is 0 Å². The predicted octanol–water partition coefficient (Wildman–Crippen LogP) is 4.88. The molecule has 0 aliphatic carbocycles. The number of rotatable bonds is 11. The van der Waals surface area contributed by atoms with Crippen molar-refractivity contribution in [1.29, 1.82) is 0 Å². The first kappa shape index (κ1) is 28.7. The van der Waals surface area contributed by atoms with Crippen LogP contribution in [0.3, 0.4) is 0 Å². The van der Waals surface area contributed by atoms with Crippen LogP contribution in [0, 0.1) is 5.92 Å². The first-order valence-corrected chi connectivity index (χ1v) is 15.2. The zero-order valence-electron chi connectivity index (χ0n) is 21.3. The Morgan fingerprint density at radius 2 is 1.94 bits per heavy atom. The molecule has 0 bridgehead atoms. The number of benzene rings is 1. The normalized spacial score (nSPS) is 21.9. The Morgan fingerprint density at radius 1 is 1.20 bits per heavy atom. The molecule has 2 N–H and O–H groups in total. The van der Waals surface area contributed by atoms with Crippen molar-refractivity contribution in [3.8, 4) is 0 Å². The maximum atomic E-state index is 13.5. The molecule has 35 heavy (non-hydrogen) atoms. The van der Waals surface area contributed by atoms with Crippen LogP contribution in [-0.2, 0) is 9.22 Å². The first-order chi connectivity index (χ1) is 16.9. The highest BCUT2D eigenvalue weighted by Gasteiger charge is 2.32. The minimum Gasteiger partial charge on any atom is -0.350 e. The Balaban J connectivity index is 1.63. The Kier molecular flexibility index (Phi) is 12.1. The van der Waals surface area contributed by atoms with E-state index < -0.39 is 0 Å². The van der Waals surface area contributed by atoms with Gasteiger partial charge in [0, 0.05) is 47.2 Å². The zero-order chi connectivity index (χ0) is 25.2. The second-order valence-corrected chi connectivity index (χ2v) is 11.2. The van der Waals surface area contributed by atoms with Crippen molar-refractivity contribution in [2.75, 3.05) is 39.3 Å². The van der Waals surface area contributed by atoms with Crippen LogP contribution in [-0.4, -0.2) is 73.0 Å². The lowest BCUT2D eigenvalue weighted by Gasteiger charge is -2.30. The largest absolute Gasteiger partial charge is 0.350 e. The Labute approximate surface area is 230 Å². The second-order valence-electron chi connectivity index (χ2n) is 10.0. The van der Waals surface area contributed by atoms with Gasteiger partial charge in [0.15, 0.2) is 0 Å². The Morgan fingerprint density at radius 3 is 2.60 bits per heavy atom. The standard InChI is InChI=1S/C27H42ClIN4O2/c1-3-20(4-2)19-33-15-10-23(18-30-26(34)21-8-9-22(17-29)24(28)16-21)31-25(27(33)35)11-14-32-12-6-5-7-13-32/h8-9,16,20,23,25,31H,3-7,10-15,17-19H2,1-2H3,(H,30,34)/t23-,25-/m0/s1. The van der Waals surface area contributed by atoms with Gasteiger partial charge in [0.05, 0.1) is 6.04 Å². The molecule has 8 heteroatoms. The lowest BCUT2D eigenvalue weighted by atomic mass is 10.0. The van der Waals surface area contributed by atoms with E-state index in [2.05, 4.69) is 56.9 Å². The van der Waals surface area contributed by atoms with Crippen molar-refractivity contribution in [3.63, 3.8) is 0 Å². The molecule has 2 aliphatic heterocycles. The van der Waals surface area contributed by atoms with Gasteiger partial charge in [-0.05, 0) is 62.4 Å². The molecule has 0 radical (unpaired) electrons. The lowest BCUT2D eigenvalue weighted by molar-refractivity contribution is -0.133. The molecular formula is C27H42ClIN4O2. The maximum absolute atomic E-state index is 13.5. The van der Waals surface area contributed by atoms with Crippen LogP contribution in [0.4, 0.5) is 0 Å². The third-order valence-corrected chi connectivity index (χ3v) is 8.75. The highest BCUT2D eigenvalue weighted by molar-refractivity contribution is 14.1. The summed E-state index contributed by atoms with van der Waals surface area (Å²) in [6.45, 7) is 9.70. The number of alkyl halides is 1. The minimum absolute atomic E-state index is 0.0602. The van der Waals surface area contributed by atoms with E-state index in [1.165, 1.54) is 19.3 Å². The zero-order valence-corrected chi connectivity index (χ0v) is 24.2. The van der Waals surface area contributed by atoms with Crippen LogP contribution in [0.15, 0.2) is 18.2 Å². The highest BCUT2D eigenvalue weighted by Crippen LogP contribution is 2.21. The molecule has 2 atom stereocenters. The summed E-state index contributed by atoms with van der Waals surface area (Å²) in [6.07, 6.45) is 7.65. The summed E-state index contributed by atoms with van der Waals surface area (Å²) < 4.78 is 0.810. The fraction of sp³-hybridized carbons (Fsp3) is 0.704. The highest BCUT2D eigenvalue weighted by atomic mass is 127. The average Bonchev–Trinajstić information content (AvgIpc) is 3.03. The third-order valence-electron chi connectivity index (χ3n) is 7.58. The van der Waals surface area contributed by atoms with Gasteiger partial charge in [-0.3, -0.25) is 9.59 Å². The number of nitrogens with zero attached hydrogens (tertiary/aromatic N) is 2. The Hall–Kier alpha value is -0.900. The van der Waals surface area contributed by atoms with Crippen LogP contribution >= 0.6 is 34.2 Å². The number of likely N-dealkylation sites (tertiary alicyclic amines) is 1. The van der Waals surface area contributed by atoms with E-state index >= 15 is 0 Å². The topological polar surface area (TPSA) is 64.7 Å². The van der Waals surface area contributed by atoms with E-state index in [9.17, 15) is 9.59 Å². The van der Waals surface area contributed by atoms with Crippen molar-refractivity contribution in [2.45, 2.75) is 75.3 Å². The number of carbonyl (C=O) groups excluding carboxylic acids is 2. The van der Waals surface area contributed by atoms with E-state index in [-0.39, 0.29) is 23.9 Å². The van der Waals surface area contributed by atoms with Crippen molar-refractivity contribution in [3.05, 3.63) is 34.3 Å². The van der Waals surface area contributed by atoms with Gasteiger partial charge in [0.2, 0.25) is 5.91 Å². The summed E-state index contributed by atoms with van der Waals surface area (Å²) in [5, 5.41) is 7.32. The Bertz CT molecular complexity index is 829. The minimum atomic E-state index is -0.201. The SMILES string of the molecule is CCC(CC)CN1CC[C@@H](CNC(=O)c2ccc(CI)c(Cl)c2)N[C@@H](CCN2CCCCC2)C1=O. The van der Waals surface area contributed by atoms with Crippen LogP contribution < -0.4 is 10.6 Å². The molecule has 2 amide bonds. The number of hydrogen-bond donors (Lipinski definition) is 2. The van der Waals surface area contributed by atoms with Crippen molar-refractivity contribution in [2.24, 2.45) is 5.92 Å². The molecule has 2 saturated heterocycles. The van der Waals surface area contributed by atoms with E-state index in [0.29, 0.717) is 23.0 Å².